The van der Waals surface area contributed by atoms with Crippen LogP contribution in [0.4, 0.5) is 23.2 Å². The van der Waals surface area contributed by atoms with Crippen LogP contribution >= 0.6 is 0 Å². The molecule has 52 heavy (non-hydrogen) atoms. The normalized spacial score (nSPS) is 14.6. The van der Waals surface area contributed by atoms with Crippen molar-refractivity contribution in [1.82, 2.24) is 10.6 Å². The number of halogens is 4. The van der Waals surface area contributed by atoms with Crippen molar-refractivity contribution < 1.29 is 60.9 Å². The molecule has 278 valence electrons. The summed E-state index contributed by atoms with van der Waals surface area (Å²) in [6, 6.07) is 12.1. The summed E-state index contributed by atoms with van der Waals surface area (Å²) in [5.41, 5.74) is -2.26. The van der Waals surface area contributed by atoms with Crippen molar-refractivity contribution in [3.8, 4) is 17.2 Å². The number of benzene rings is 3. The minimum Gasteiger partial charge on any atom is -0.481 e. The Hall–Kier alpha value is -5.51. The molecule has 1 saturated carbocycles. The van der Waals surface area contributed by atoms with Crippen molar-refractivity contribution in [3.63, 3.8) is 0 Å². The number of aliphatic carboxylic acids is 1. The number of rotatable bonds is 16. The Morgan fingerprint density at radius 1 is 0.827 bits per heavy atom. The maximum absolute atomic E-state index is 14.0. The van der Waals surface area contributed by atoms with Gasteiger partial charge >= 0.3 is 5.97 Å². The van der Waals surface area contributed by atoms with Crippen LogP contribution in [0.25, 0.3) is 0 Å². The molecule has 12 nitrogen and oxygen atoms in total. The highest BCUT2D eigenvalue weighted by Gasteiger charge is 2.52. The highest BCUT2D eigenvalue weighted by Crippen LogP contribution is 2.42. The molecule has 3 amide bonds. The Morgan fingerprint density at radius 3 is 1.98 bits per heavy atom. The van der Waals surface area contributed by atoms with E-state index in [1.807, 2.05) is 6.07 Å². The second kappa shape index (κ2) is 16.7. The first kappa shape index (κ1) is 39.3. The van der Waals surface area contributed by atoms with Gasteiger partial charge in [0.1, 0.15) is 35.6 Å². The van der Waals surface area contributed by atoms with E-state index in [9.17, 15) is 46.6 Å². The first-order chi connectivity index (χ1) is 24.5. The SMILES string of the molecule is CC(C)(C)OCC(NC(=O)C1(C(=O)NC(CC(=O)O)C(=O)COc2c(F)c(F)cc(F)c2F)CCC1)C(=O)Nc1cccc(Oc2ccccc2)c1. The number of ketones is 1. The fourth-order valence-electron chi connectivity index (χ4n) is 5.03. The first-order valence-electron chi connectivity index (χ1n) is 16.1. The molecule has 0 spiro atoms. The van der Waals surface area contributed by atoms with E-state index in [0.29, 0.717) is 23.6 Å². The van der Waals surface area contributed by atoms with E-state index in [1.165, 1.54) is 0 Å². The van der Waals surface area contributed by atoms with Gasteiger partial charge in [0.15, 0.2) is 23.2 Å². The topological polar surface area (TPSA) is 169 Å². The van der Waals surface area contributed by atoms with E-state index in [1.54, 1.807) is 69.3 Å². The third kappa shape index (κ3) is 10.1. The summed E-state index contributed by atoms with van der Waals surface area (Å²) in [7, 11) is 0. The molecule has 2 atom stereocenters. The highest BCUT2D eigenvalue weighted by atomic mass is 19.2. The van der Waals surface area contributed by atoms with Crippen molar-refractivity contribution >= 4 is 35.2 Å². The lowest BCUT2D eigenvalue weighted by atomic mass is 9.67. The number of hydrogen-bond donors (Lipinski definition) is 4. The van der Waals surface area contributed by atoms with E-state index >= 15 is 0 Å². The zero-order chi connectivity index (χ0) is 38.2. The lowest BCUT2D eigenvalue weighted by Gasteiger charge is -2.40. The summed E-state index contributed by atoms with van der Waals surface area (Å²) >= 11 is 0. The molecule has 0 saturated heterocycles. The molecule has 1 aliphatic carbocycles. The molecule has 0 bridgehead atoms. The Balaban J connectivity index is 1.48. The highest BCUT2D eigenvalue weighted by molar-refractivity contribution is 6.09. The van der Waals surface area contributed by atoms with Crippen LogP contribution < -0.4 is 25.4 Å². The van der Waals surface area contributed by atoms with Crippen molar-refractivity contribution in [2.24, 2.45) is 5.41 Å². The van der Waals surface area contributed by atoms with E-state index in [0.717, 1.165) is 0 Å². The summed E-state index contributed by atoms with van der Waals surface area (Å²) < 4.78 is 71.5. The van der Waals surface area contributed by atoms with E-state index < -0.39 is 94.6 Å². The number of Topliss-reactive ketones (excluding diaryl/α,β-unsaturated/α-hetero) is 1. The molecular weight excluding hydrogens is 694 g/mol. The fourth-order valence-corrected chi connectivity index (χ4v) is 5.03. The average Bonchev–Trinajstić information content (AvgIpc) is 3.04. The summed E-state index contributed by atoms with van der Waals surface area (Å²) in [4.78, 5) is 65.3. The molecule has 0 heterocycles. The Bertz CT molecular complexity index is 1790. The smallest absolute Gasteiger partial charge is 0.305 e. The molecule has 0 aromatic heterocycles. The van der Waals surface area contributed by atoms with Crippen molar-refractivity contribution in [2.45, 2.75) is 64.1 Å². The maximum atomic E-state index is 14.0. The third-order valence-electron chi connectivity index (χ3n) is 7.96. The standard InChI is InChI=1S/C36H37F4N3O9/c1-35(2,3)51-18-26(32(47)41-20-9-7-12-22(15-20)52-21-10-5-4-6-11-21)43-34(49)36(13-8-14-36)33(48)42-25(17-28(45)46)27(44)19-50-31-29(39)23(37)16-24(38)30(31)40/h4-7,9-12,15-16,25-26H,8,13-14,17-19H2,1-3H3,(H,41,47)(H,42,48)(H,43,49)(H,45,46). The lowest BCUT2D eigenvalue weighted by Crippen LogP contribution is -2.61. The minimum atomic E-state index is -1.93. The monoisotopic (exact) mass is 731 g/mol. The molecule has 0 radical (unpaired) electrons. The Labute approximate surface area is 295 Å². The average molecular weight is 732 g/mol. The van der Waals surface area contributed by atoms with Gasteiger partial charge in [-0.1, -0.05) is 30.7 Å². The van der Waals surface area contributed by atoms with Crippen molar-refractivity contribution in [2.75, 3.05) is 18.5 Å². The molecule has 16 heteroatoms. The van der Waals surface area contributed by atoms with Gasteiger partial charge in [-0.15, -0.1) is 0 Å². The molecule has 0 aliphatic heterocycles. The maximum Gasteiger partial charge on any atom is 0.305 e. The lowest BCUT2D eigenvalue weighted by molar-refractivity contribution is -0.153. The van der Waals surface area contributed by atoms with Gasteiger partial charge in [0.05, 0.1) is 18.6 Å². The number of ether oxygens (including phenoxy) is 3. The van der Waals surface area contributed by atoms with Gasteiger partial charge in [-0.2, -0.15) is 8.78 Å². The van der Waals surface area contributed by atoms with Crippen molar-refractivity contribution in [3.05, 3.63) is 83.9 Å². The molecule has 2 unspecified atom stereocenters. The second-order valence-electron chi connectivity index (χ2n) is 13.0. The summed E-state index contributed by atoms with van der Waals surface area (Å²) in [5, 5.41) is 16.8. The number of nitrogens with one attached hydrogen (secondary N) is 3. The first-order valence-corrected chi connectivity index (χ1v) is 16.1. The number of anilines is 1. The number of carbonyl (C=O) groups is 5. The van der Waals surface area contributed by atoms with Crippen LogP contribution in [-0.4, -0.2) is 65.5 Å². The van der Waals surface area contributed by atoms with E-state index in [-0.39, 0.29) is 25.5 Å². The summed E-state index contributed by atoms with van der Waals surface area (Å²) in [6.07, 6.45) is -0.733. The fraction of sp³-hybridized carbons (Fsp3) is 0.361. The number of carboxylic acids is 1. The quantitative estimate of drug-likeness (QED) is 0.0895. The molecule has 1 fully saturated rings. The molecular formula is C36H37F4N3O9. The second-order valence-corrected chi connectivity index (χ2v) is 13.0. The van der Waals surface area contributed by atoms with Crippen LogP contribution in [0, 0.1) is 28.7 Å². The largest absolute Gasteiger partial charge is 0.481 e. The van der Waals surface area contributed by atoms with Crippen molar-refractivity contribution in [1.29, 1.82) is 0 Å². The minimum absolute atomic E-state index is 0.0402. The van der Waals surface area contributed by atoms with Crippen LogP contribution in [0.15, 0.2) is 60.7 Å². The van der Waals surface area contributed by atoms with Gasteiger partial charge < -0.3 is 35.3 Å². The van der Waals surface area contributed by atoms with Gasteiger partial charge in [0, 0.05) is 17.8 Å². The molecule has 3 aromatic carbocycles. The number of para-hydroxylation sites is 1. The van der Waals surface area contributed by atoms with Gasteiger partial charge in [0.2, 0.25) is 29.4 Å². The van der Waals surface area contributed by atoms with E-state index in [2.05, 4.69) is 20.7 Å². The van der Waals surface area contributed by atoms with Crippen LogP contribution in [0.3, 0.4) is 0 Å². The van der Waals surface area contributed by atoms with Gasteiger partial charge in [-0.05, 0) is 57.9 Å². The number of hydrogen-bond acceptors (Lipinski definition) is 8. The predicted octanol–water partition coefficient (Wildman–Crippen LogP) is 5.05. The zero-order valence-electron chi connectivity index (χ0n) is 28.4. The van der Waals surface area contributed by atoms with Gasteiger partial charge in [-0.3, -0.25) is 24.0 Å². The Morgan fingerprint density at radius 2 is 1.42 bits per heavy atom. The number of carboxylic acid groups (broad SMARTS) is 1. The number of amides is 3. The zero-order valence-corrected chi connectivity index (χ0v) is 28.4. The molecule has 1 aliphatic rings. The van der Waals surface area contributed by atoms with Crippen LogP contribution in [0.5, 0.6) is 17.2 Å². The van der Waals surface area contributed by atoms with Gasteiger partial charge in [-0.25, -0.2) is 8.78 Å². The summed E-state index contributed by atoms with van der Waals surface area (Å²) in [6.45, 7) is 3.58. The molecule has 4 N–H and O–H groups in total. The van der Waals surface area contributed by atoms with Crippen LogP contribution in [0.2, 0.25) is 0 Å². The predicted molar refractivity (Wildman–Crippen MR) is 176 cm³/mol. The third-order valence-corrected chi connectivity index (χ3v) is 7.96. The van der Waals surface area contributed by atoms with E-state index in [4.69, 9.17) is 9.47 Å². The Kier molecular flexibility index (Phi) is 12.6. The van der Waals surface area contributed by atoms with Crippen LogP contribution in [0.1, 0.15) is 46.5 Å². The van der Waals surface area contributed by atoms with Gasteiger partial charge in [0.25, 0.3) is 0 Å². The van der Waals surface area contributed by atoms with Crippen LogP contribution in [-0.2, 0) is 28.7 Å². The number of carbonyl (C=O) groups excluding carboxylic acids is 4. The molecule has 4 rings (SSSR count). The summed E-state index contributed by atoms with van der Waals surface area (Å²) in [5.74, 6) is -13.5. The molecule has 3 aromatic rings.